The van der Waals surface area contributed by atoms with E-state index in [9.17, 15) is 9.59 Å². The molecule has 18 heavy (non-hydrogen) atoms. The van der Waals surface area contributed by atoms with Crippen LogP contribution in [0.3, 0.4) is 0 Å². The van der Waals surface area contributed by atoms with Crippen molar-refractivity contribution in [3.63, 3.8) is 0 Å². The maximum atomic E-state index is 11.7. The average Bonchev–Trinajstić information content (AvgIpc) is 2.21. The molecule has 0 spiro atoms. The van der Waals surface area contributed by atoms with Gasteiger partial charge in [0, 0.05) is 0 Å². The molecule has 0 bridgehead atoms. The molecule has 0 unspecified atom stereocenters. The van der Waals surface area contributed by atoms with Gasteiger partial charge in [0.2, 0.25) is 0 Å². The van der Waals surface area contributed by atoms with Crippen molar-refractivity contribution >= 4 is 11.9 Å². The van der Waals surface area contributed by atoms with Gasteiger partial charge < -0.3 is 9.47 Å². The number of esters is 2. The SMILES string of the molecule is C=C(C(=C)C(=O)OC(C)(C)C)C(=O)OCC(C)C. The van der Waals surface area contributed by atoms with Crippen LogP contribution in [0.5, 0.6) is 0 Å². The van der Waals surface area contributed by atoms with Gasteiger partial charge in [0.05, 0.1) is 17.8 Å². The third-order valence-electron chi connectivity index (χ3n) is 1.80. The van der Waals surface area contributed by atoms with Gasteiger partial charge in [-0.3, -0.25) is 0 Å². The summed E-state index contributed by atoms with van der Waals surface area (Å²) in [6, 6.07) is 0. The van der Waals surface area contributed by atoms with Crippen LogP contribution >= 0.6 is 0 Å². The molecule has 0 aliphatic rings. The van der Waals surface area contributed by atoms with E-state index in [0.717, 1.165) is 0 Å². The van der Waals surface area contributed by atoms with E-state index in [4.69, 9.17) is 9.47 Å². The largest absolute Gasteiger partial charge is 0.462 e. The normalized spacial score (nSPS) is 11.0. The van der Waals surface area contributed by atoms with Gasteiger partial charge >= 0.3 is 11.9 Å². The molecule has 4 nitrogen and oxygen atoms in total. The highest BCUT2D eigenvalue weighted by Crippen LogP contribution is 2.15. The van der Waals surface area contributed by atoms with E-state index in [1.54, 1.807) is 20.8 Å². The third-order valence-corrected chi connectivity index (χ3v) is 1.80. The standard InChI is InChI=1S/C14H22O4/c1-9(2)8-17-12(15)10(3)11(4)13(16)18-14(5,6)7/h9H,3-4,8H2,1-2,5-7H3. The quantitative estimate of drug-likeness (QED) is 0.430. The molecule has 0 N–H and O–H groups in total. The van der Waals surface area contributed by atoms with Crippen molar-refractivity contribution in [1.82, 2.24) is 0 Å². The Morgan fingerprint density at radius 1 is 1.06 bits per heavy atom. The summed E-state index contributed by atoms with van der Waals surface area (Å²) in [4.78, 5) is 23.2. The maximum absolute atomic E-state index is 11.7. The number of hydrogen-bond acceptors (Lipinski definition) is 4. The second-order valence-electron chi connectivity index (χ2n) is 5.45. The zero-order chi connectivity index (χ0) is 14.5. The van der Waals surface area contributed by atoms with Crippen LogP contribution in [-0.4, -0.2) is 24.1 Å². The van der Waals surface area contributed by atoms with Gasteiger partial charge in [-0.25, -0.2) is 9.59 Å². The molecule has 0 aromatic heterocycles. The van der Waals surface area contributed by atoms with Gasteiger partial charge in [0.1, 0.15) is 5.60 Å². The molecule has 0 saturated carbocycles. The lowest BCUT2D eigenvalue weighted by atomic mass is 10.1. The summed E-state index contributed by atoms with van der Waals surface area (Å²) in [5.41, 5.74) is -0.772. The molecule has 0 atom stereocenters. The minimum atomic E-state index is -0.658. The van der Waals surface area contributed by atoms with Crippen molar-refractivity contribution in [2.24, 2.45) is 5.92 Å². The lowest BCUT2D eigenvalue weighted by Crippen LogP contribution is -2.26. The van der Waals surface area contributed by atoms with Crippen molar-refractivity contribution in [2.75, 3.05) is 6.61 Å². The Bertz CT molecular complexity index is 358. The molecular weight excluding hydrogens is 232 g/mol. The Morgan fingerprint density at radius 2 is 1.50 bits per heavy atom. The van der Waals surface area contributed by atoms with E-state index in [1.165, 1.54) is 0 Å². The molecule has 0 saturated heterocycles. The van der Waals surface area contributed by atoms with Gasteiger partial charge in [-0.05, 0) is 26.7 Å². The van der Waals surface area contributed by atoms with Crippen LogP contribution in [0.2, 0.25) is 0 Å². The minimum absolute atomic E-state index is 0.0649. The highest BCUT2D eigenvalue weighted by atomic mass is 16.6. The molecule has 102 valence electrons. The topological polar surface area (TPSA) is 52.6 Å². The molecule has 0 aromatic rings. The smallest absolute Gasteiger partial charge is 0.338 e. The summed E-state index contributed by atoms with van der Waals surface area (Å²) in [7, 11) is 0. The highest BCUT2D eigenvalue weighted by molar-refractivity contribution is 6.06. The Labute approximate surface area is 109 Å². The number of rotatable bonds is 5. The van der Waals surface area contributed by atoms with E-state index >= 15 is 0 Å². The minimum Gasteiger partial charge on any atom is -0.462 e. The van der Waals surface area contributed by atoms with E-state index in [1.807, 2.05) is 13.8 Å². The Hall–Kier alpha value is -1.58. The van der Waals surface area contributed by atoms with Gasteiger partial charge in [0.25, 0.3) is 0 Å². The Kier molecular flexibility index (Phi) is 5.82. The average molecular weight is 254 g/mol. The summed E-state index contributed by atoms with van der Waals surface area (Å²) < 4.78 is 10.0. The van der Waals surface area contributed by atoms with Crippen LogP contribution in [-0.2, 0) is 19.1 Å². The first-order valence-electron chi connectivity index (χ1n) is 5.83. The van der Waals surface area contributed by atoms with Crippen LogP contribution in [0.1, 0.15) is 34.6 Å². The predicted molar refractivity (Wildman–Crippen MR) is 69.9 cm³/mol. The van der Waals surface area contributed by atoms with Gasteiger partial charge in [-0.15, -0.1) is 0 Å². The van der Waals surface area contributed by atoms with Crippen LogP contribution in [0.15, 0.2) is 24.3 Å². The first kappa shape index (κ1) is 16.4. The molecule has 0 rings (SSSR count). The zero-order valence-electron chi connectivity index (χ0n) is 11.8. The first-order valence-corrected chi connectivity index (χ1v) is 5.83. The molecular formula is C14H22O4. The van der Waals surface area contributed by atoms with Crippen LogP contribution in [0.4, 0.5) is 0 Å². The van der Waals surface area contributed by atoms with Crippen molar-refractivity contribution in [3.8, 4) is 0 Å². The number of carbonyl (C=O) groups excluding carboxylic acids is 2. The molecule has 4 heteroatoms. The molecule has 0 aromatic carbocycles. The fraction of sp³-hybridized carbons (Fsp3) is 0.571. The Morgan fingerprint density at radius 3 is 1.89 bits per heavy atom. The zero-order valence-corrected chi connectivity index (χ0v) is 11.8. The van der Waals surface area contributed by atoms with Crippen LogP contribution < -0.4 is 0 Å². The first-order chi connectivity index (χ1) is 8.04. The van der Waals surface area contributed by atoms with Gasteiger partial charge in [-0.1, -0.05) is 27.0 Å². The van der Waals surface area contributed by atoms with E-state index in [2.05, 4.69) is 13.2 Å². The molecule has 0 fully saturated rings. The molecule has 0 amide bonds. The predicted octanol–water partition coefficient (Wildman–Crippen LogP) is 2.64. The summed E-state index contributed by atoms with van der Waals surface area (Å²) in [5.74, 6) is -1.08. The summed E-state index contributed by atoms with van der Waals surface area (Å²) in [6.45, 7) is 16.3. The molecule has 0 heterocycles. The van der Waals surface area contributed by atoms with Crippen molar-refractivity contribution in [3.05, 3.63) is 24.3 Å². The van der Waals surface area contributed by atoms with Gasteiger partial charge in [0.15, 0.2) is 0 Å². The fourth-order valence-corrected chi connectivity index (χ4v) is 0.916. The van der Waals surface area contributed by atoms with E-state index in [-0.39, 0.29) is 23.7 Å². The second kappa shape index (κ2) is 6.38. The fourth-order valence-electron chi connectivity index (χ4n) is 0.916. The van der Waals surface area contributed by atoms with Crippen LogP contribution in [0, 0.1) is 5.92 Å². The maximum Gasteiger partial charge on any atom is 0.338 e. The number of ether oxygens (including phenoxy) is 2. The third kappa shape index (κ3) is 6.23. The molecule has 0 aliphatic carbocycles. The van der Waals surface area contributed by atoms with Gasteiger partial charge in [-0.2, -0.15) is 0 Å². The highest BCUT2D eigenvalue weighted by Gasteiger charge is 2.23. The second-order valence-corrected chi connectivity index (χ2v) is 5.45. The van der Waals surface area contributed by atoms with Crippen molar-refractivity contribution in [2.45, 2.75) is 40.2 Å². The monoisotopic (exact) mass is 254 g/mol. The van der Waals surface area contributed by atoms with Crippen LogP contribution in [0.25, 0.3) is 0 Å². The lowest BCUT2D eigenvalue weighted by molar-refractivity contribution is -0.150. The summed E-state index contributed by atoms with van der Waals surface area (Å²) in [5, 5.41) is 0. The number of carbonyl (C=O) groups is 2. The van der Waals surface area contributed by atoms with Crippen molar-refractivity contribution in [1.29, 1.82) is 0 Å². The molecule has 0 radical (unpaired) electrons. The van der Waals surface area contributed by atoms with E-state index < -0.39 is 17.5 Å². The number of hydrogen-bond donors (Lipinski definition) is 0. The Balaban J connectivity index is 4.47. The molecule has 0 aliphatic heterocycles. The summed E-state index contributed by atoms with van der Waals surface area (Å²) in [6.07, 6.45) is 0. The lowest BCUT2D eigenvalue weighted by Gasteiger charge is -2.20. The van der Waals surface area contributed by atoms with Crippen molar-refractivity contribution < 1.29 is 19.1 Å². The summed E-state index contributed by atoms with van der Waals surface area (Å²) >= 11 is 0. The van der Waals surface area contributed by atoms with E-state index in [0.29, 0.717) is 0 Å².